The van der Waals surface area contributed by atoms with Crippen LogP contribution in [-0.2, 0) is 29.7 Å². The Morgan fingerprint density at radius 2 is 1.91 bits per heavy atom. The van der Waals surface area contributed by atoms with Crippen LogP contribution in [0.1, 0.15) is 60.2 Å². The highest BCUT2D eigenvalue weighted by molar-refractivity contribution is 7.92. The molecule has 34 heavy (non-hydrogen) atoms. The van der Waals surface area contributed by atoms with Gasteiger partial charge < -0.3 is 10.1 Å². The molecule has 1 aromatic heterocycles. The minimum absolute atomic E-state index is 0.240. The molecule has 0 spiro atoms. The maximum atomic E-state index is 13.0. The number of carbonyl (C=O) groups is 1. The average molecular weight is 480 g/mol. The normalized spacial score (nSPS) is 17.0. The van der Waals surface area contributed by atoms with Crippen LogP contribution in [0.5, 0.6) is 5.75 Å². The van der Waals surface area contributed by atoms with Crippen LogP contribution in [0.2, 0.25) is 0 Å². The number of aromatic nitrogens is 2. The highest BCUT2D eigenvalue weighted by atomic mass is 32.2. The Hall–Kier alpha value is -3.13. The minimum Gasteiger partial charge on any atom is -0.487 e. The molecule has 0 radical (unpaired) electrons. The van der Waals surface area contributed by atoms with E-state index < -0.39 is 9.84 Å². The molecule has 0 unspecified atom stereocenters. The number of nitrogens with zero attached hydrogens (tertiary/aromatic N) is 2. The molecule has 3 aromatic rings. The molecule has 5 rings (SSSR count). The van der Waals surface area contributed by atoms with Crippen molar-refractivity contribution in [3.63, 3.8) is 0 Å². The summed E-state index contributed by atoms with van der Waals surface area (Å²) in [5, 5.41) is 6.81. The number of nitrogens with one attached hydrogen (secondary N) is 1. The first kappa shape index (κ1) is 22.7. The smallest absolute Gasteiger partial charge is 0.257 e. The predicted octanol–water partition coefficient (Wildman–Crippen LogP) is 4.30. The topological polar surface area (TPSA) is 90.3 Å². The maximum Gasteiger partial charge on any atom is 0.257 e. The van der Waals surface area contributed by atoms with Crippen LogP contribution in [0.3, 0.4) is 0 Å². The quantitative estimate of drug-likeness (QED) is 0.569. The number of hydrogen-bond donors (Lipinski definition) is 1. The predicted molar refractivity (Wildman–Crippen MR) is 130 cm³/mol. The SMILES string of the molecule is Cn1ccc(NC(=O)c2cc(Cc3ccc(S(=O)(=O)C4CCC4)cc3)c3c(c2)OC(C)(C)C3)n1. The van der Waals surface area contributed by atoms with Crippen molar-refractivity contribution in [3.8, 4) is 5.75 Å². The summed E-state index contributed by atoms with van der Waals surface area (Å²) >= 11 is 0. The summed E-state index contributed by atoms with van der Waals surface area (Å²) in [5.41, 5.74) is 3.23. The molecule has 0 bridgehead atoms. The molecule has 1 fully saturated rings. The lowest BCUT2D eigenvalue weighted by Gasteiger charge is -2.25. The van der Waals surface area contributed by atoms with Crippen molar-refractivity contribution >= 4 is 21.6 Å². The highest BCUT2D eigenvalue weighted by Crippen LogP contribution is 2.39. The van der Waals surface area contributed by atoms with Gasteiger partial charge in [0.1, 0.15) is 11.4 Å². The third-order valence-corrected chi connectivity index (χ3v) is 8.92. The average Bonchev–Trinajstić information content (AvgIpc) is 3.27. The number of anilines is 1. The Bertz CT molecular complexity index is 1350. The van der Waals surface area contributed by atoms with Gasteiger partial charge >= 0.3 is 0 Å². The monoisotopic (exact) mass is 479 g/mol. The molecule has 7 nitrogen and oxygen atoms in total. The fourth-order valence-electron chi connectivity index (χ4n) is 4.60. The third-order valence-electron chi connectivity index (χ3n) is 6.65. The van der Waals surface area contributed by atoms with Gasteiger partial charge in [-0.1, -0.05) is 18.6 Å². The second-order valence-corrected chi connectivity index (χ2v) is 12.1. The van der Waals surface area contributed by atoms with Crippen molar-refractivity contribution in [1.29, 1.82) is 0 Å². The number of ether oxygens (including phenoxy) is 1. The molecule has 2 heterocycles. The number of amides is 1. The van der Waals surface area contributed by atoms with Gasteiger partial charge in [0, 0.05) is 36.9 Å². The van der Waals surface area contributed by atoms with Gasteiger partial charge in [0.25, 0.3) is 5.91 Å². The summed E-state index contributed by atoms with van der Waals surface area (Å²) in [6.07, 6.45) is 5.57. The number of benzene rings is 2. The van der Waals surface area contributed by atoms with E-state index >= 15 is 0 Å². The first-order chi connectivity index (χ1) is 16.1. The fourth-order valence-corrected chi connectivity index (χ4v) is 6.46. The van der Waals surface area contributed by atoms with Crippen molar-refractivity contribution in [2.24, 2.45) is 7.05 Å². The van der Waals surface area contributed by atoms with E-state index in [4.69, 9.17) is 4.74 Å². The van der Waals surface area contributed by atoms with Gasteiger partial charge in [0.15, 0.2) is 15.7 Å². The minimum atomic E-state index is -3.24. The number of fused-ring (bicyclic) bond motifs is 1. The lowest BCUT2D eigenvalue weighted by molar-refractivity contribution is 0.102. The van der Waals surface area contributed by atoms with Gasteiger partial charge in [-0.05, 0) is 68.5 Å². The van der Waals surface area contributed by atoms with Crippen LogP contribution in [0, 0.1) is 0 Å². The van der Waals surface area contributed by atoms with Crippen LogP contribution < -0.4 is 10.1 Å². The first-order valence-corrected chi connectivity index (χ1v) is 13.1. The summed E-state index contributed by atoms with van der Waals surface area (Å²) in [7, 11) is -1.45. The van der Waals surface area contributed by atoms with Crippen LogP contribution in [0.25, 0.3) is 0 Å². The van der Waals surface area contributed by atoms with Crippen molar-refractivity contribution in [3.05, 3.63) is 70.9 Å². The summed E-state index contributed by atoms with van der Waals surface area (Å²) in [6, 6.07) is 12.6. The molecule has 178 valence electrons. The lowest BCUT2D eigenvalue weighted by Crippen LogP contribution is -2.28. The van der Waals surface area contributed by atoms with Gasteiger partial charge in [-0.25, -0.2) is 8.42 Å². The number of rotatable bonds is 6. The molecule has 2 aromatic carbocycles. The maximum absolute atomic E-state index is 13.0. The second-order valence-electron chi connectivity index (χ2n) is 9.90. The standard InChI is InChI=1S/C26H29N3O4S/c1-26(2)16-22-18(13-17-7-9-21(10-8-17)34(31,32)20-5-4-6-20)14-19(15-23(22)33-26)25(30)27-24-11-12-29(3)28-24/h7-12,14-15,20H,4-6,13,16H2,1-3H3,(H,27,28,30). The number of sulfone groups is 1. The Kier molecular flexibility index (Phi) is 5.51. The molecule has 1 amide bonds. The van der Waals surface area contributed by atoms with Gasteiger partial charge in [-0.2, -0.15) is 5.10 Å². The Labute approximate surface area is 200 Å². The van der Waals surface area contributed by atoms with E-state index in [-0.39, 0.29) is 16.8 Å². The number of aryl methyl sites for hydroxylation is 1. The molecule has 1 aliphatic heterocycles. The van der Waals surface area contributed by atoms with E-state index in [1.54, 1.807) is 42.2 Å². The zero-order valence-corrected chi connectivity index (χ0v) is 20.5. The van der Waals surface area contributed by atoms with Crippen LogP contribution >= 0.6 is 0 Å². The van der Waals surface area contributed by atoms with E-state index in [1.165, 1.54) is 0 Å². The summed E-state index contributed by atoms with van der Waals surface area (Å²) < 4.78 is 33.2. The molecule has 0 atom stereocenters. The van der Waals surface area contributed by atoms with E-state index in [0.29, 0.717) is 22.7 Å². The molecule has 1 saturated carbocycles. The first-order valence-electron chi connectivity index (χ1n) is 11.6. The Morgan fingerprint density at radius 1 is 1.18 bits per heavy atom. The van der Waals surface area contributed by atoms with E-state index in [2.05, 4.69) is 10.4 Å². The van der Waals surface area contributed by atoms with Gasteiger partial charge in [0.05, 0.1) is 10.1 Å². The molecular weight excluding hydrogens is 450 g/mol. The van der Waals surface area contributed by atoms with E-state index in [0.717, 1.165) is 48.1 Å². The van der Waals surface area contributed by atoms with Crippen LogP contribution in [-0.4, -0.2) is 35.0 Å². The van der Waals surface area contributed by atoms with Crippen LogP contribution in [0.4, 0.5) is 5.82 Å². The lowest BCUT2D eigenvalue weighted by atomic mass is 9.92. The summed E-state index contributed by atoms with van der Waals surface area (Å²) in [6.45, 7) is 4.06. The summed E-state index contributed by atoms with van der Waals surface area (Å²) in [4.78, 5) is 13.3. The van der Waals surface area contributed by atoms with E-state index in [1.807, 2.05) is 32.0 Å². The Balaban J connectivity index is 1.43. The number of hydrogen-bond acceptors (Lipinski definition) is 5. The molecule has 2 aliphatic rings. The molecule has 1 N–H and O–H groups in total. The largest absolute Gasteiger partial charge is 0.487 e. The van der Waals surface area contributed by atoms with Crippen molar-refractivity contribution < 1.29 is 17.9 Å². The third kappa shape index (κ3) is 4.34. The number of carbonyl (C=O) groups excluding carboxylic acids is 1. The molecule has 1 aliphatic carbocycles. The zero-order chi connectivity index (χ0) is 24.1. The zero-order valence-electron chi connectivity index (χ0n) is 19.7. The van der Waals surface area contributed by atoms with Gasteiger partial charge in [0.2, 0.25) is 0 Å². The van der Waals surface area contributed by atoms with Crippen molar-refractivity contribution in [1.82, 2.24) is 9.78 Å². The van der Waals surface area contributed by atoms with Crippen molar-refractivity contribution in [2.75, 3.05) is 5.32 Å². The highest BCUT2D eigenvalue weighted by Gasteiger charge is 2.34. The molecule has 0 saturated heterocycles. The van der Waals surface area contributed by atoms with Crippen LogP contribution in [0.15, 0.2) is 53.6 Å². The van der Waals surface area contributed by atoms with Crippen molar-refractivity contribution in [2.45, 2.75) is 61.7 Å². The van der Waals surface area contributed by atoms with Gasteiger partial charge in [-0.3, -0.25) is 9.48 Å². The van der Waals surface area contributed by atoms with Gasteiger partial charge in [-0.15, -0.1) is 0 Å². The second kappa shape index (κ2) is 8.27. The van der Waals surface area contributed by atoms with E-state index in [9.17, 15) is 13.2 Å². The fraction of sp³-hybridized carbons (Fsp3) is 0.385. The molecule has 8 heteroatoms. The molecular formula is C26H29N3O4S. The summed E-state index contributed by atoms with van der Waals surface area (Å²) in [5.74, 6) is 0.954. The Morgan fingerprint density at radius 3 is 2.53 bits per heavy atom.